The van der Waals surface area contributed by atoms with Crippen LogP contribution in [0.4, 0.5) is 0 Å². The van der Waals surface area contributed by atoms with Crippen LogP contribution < -0.4 is 4.74 Å². The number of halogens is 1. The van der Waals surface area contributed by atoms with Gasteiger partial charge in [0.25, 0.3) is 5.91 Å². The summed E-state index contributed by atoms with van der Waals surface area (Å²) < 4.78 is 8.22. The average molecular weight is 428 g/mol. The number of benzene rings is 2. The minimum Gasteiger partial charge on any atom is -0.496 e. The van der Waals surface area contributed by atoms with E-state index >= 15 is 0 Å². The fraction of sp³-hybridized carbons (Fsp3) is 0.238. The molecule has 5 nitrogen and oxygen atoms in total. The van der Waals surface area contributed by atoms with E-state index in [1.54, 1.807) is 29.9 Å². The number of para-hydroxylation sites is 1. The van der Waals surface area contributed by atoms with Crippen LogP contribution in [0.3, 0.4) is 0 Å². The van der Waals surface area contributed by atoms with E-state index in [4.69, 9.17) is 4.74 Å². The van der Waals surface area contributed by atoms with Crippen LogP contribution in [0.5, 0.6) is 5.75 Å². The van der Waals surface area contributed by atoms with Gasteiger partial charge in [-0.15, -0.1) is 0 Å². The van der Waals surface area contributed by atoms with E-state index in [0.29, 0.717) is 5.56 Å². The second-order valence-corrected chi connectivity index (χ2v) is 7.28. The van der Waals surface area contributed by atoms with Gasteiger partial charge in [0, 0.05) is 17.1 Å². The van der Waals surface area contributed by atoms with Crippen molar-refractivity contribution in [3.63, 3.8) is 0 Å². The Morgan fingerprint density at radius 3 is 2.52 bits per heavy atom. The molecule has 1 atom stereocenters. The Balaban J connectivity index is 1.88. The molecule has 2 aromatic carbocycles. The molecule has 0 saturated carbocycles. The largest absolute Gasteiger partial charge is 0.496 e. The fourth-order valence-electron chi connectivity index (χ4n) is 3.05. The summed E-state index contributed by atoms with van der Waals surface area (Å²) >= 11 is 3.43. The zero-order valence-electron chi connectivity index (χ0n) is 15.8. The zero-order valence-corrected chi connectivity index (χ0v) is 17.4. The molecule has 140 valence electrons. The van der Waals surface area contributed by atoms with Crippen molar-refractivity contribution in [3.8, 4) is 11.4 Å². The highest BCUT2D eigenvalue weighted by Crippen LogP contribution is 2.29. The summed E-state index contributed by atoms with van der Waals surface area (Å²) in [4.78, 5) is 14.8. The Kier molecular flexibility index (Phi) is 5.65. The highest BCUT2D eigenvalue weighted by molar-refractivity contribution is 9.10. The Morgan fingerprint density at radius 1 is 1.19 bits per heavy atom. The number of rotatable bonds is 5. The first-order valence-electron chi connectivity index (χ1n) is 8.64. The van der Waals surface area contributed by atoms with E-state index < -0.39 is 0 Å². The molecule has 0 saturated heterocycles. The van der Waals surface area contributed by atoms with Gasteiger partial charge in [0.05, 0.1) is 36.3 Å². The minimum absolute atomic E-state index is 0.0748. The lowest BCUT2D eigenvalue weighted by Crippen LogP contribution is -2.30. The number of carbonyl (C=O) groups excluding carboxylic acids is 1. The van der Waals surface area contributed by atoms with Crippen molar-refractivity contribution < 1.29 is 9.53 Å². The van der Waals surface area contributed by atoms with E-state index in [2.05, 4.69) is 21.0 Å². The Morgan fingerprint density at radius 2 is 1.85 bits per heavy atom. The van der Waals surface area contributed by atoms with Gasteiger partial charge < -0.3 is 9.64 Å². The molecule has 0 aliphatic rings. The molecule has 6 heteroatoms. The van der Waals surface area contributed by atoms with Crippen LogP contribution in [0.2, 0.25) is 0 Å². The van der Waals surface area contributed by atoms with Crippen molar-refractivity contribution in [1.29, 1.82) is 0 Å². The number of amides is 1. The van der Waals surface area contributed by atoms with Crippen LogP contribution in [-0.2, 0) is 0 Å². The van der Waals surface area contributed by atoms with E-state index in [1.807, 2.05) is 62.4 Å². The predicted molar refractivity (Wildman–Crippen MR) is 110 cm³/mol. The van der Waals surface area contributed by atoms with Gasteiger partial charge in [-0.2, -0.15) is 5.10 Å². The van der Waals surface area contributed by atoms with Gasteiger partial charge in [-0.3, -0.25) is 4.79 Å². The van der Waals surface area contributed by atoms with Crippen LogP contribution in [0.1, 0.15) is 34.6 Å². The van der Waals surface area contributed by atoms with E-state index in [0.717, 1.165) is 27.2 Å². The normalized spacial score (nSPS) is 11.9. The van der Waals surface area contributed by atoms with Gasteiger partial charge in [0.2, 0.25) is 0 Å². The second kappa shape index (κ2) is 7.96. The van der Waals surface area contributed by atoms with Gasteiger partial charge in [-0.1, -0.05) is 34.1 Å². The molecule has 0 radical (unpaired) electrons. The maximum Gasteiger partial charge on any atom is 0.257 e. The first-order chi connectivity index (χ1) is 12.9. The van der Waals surface area contributed by atoms with E-state index in [1.165, 1.54) is 0 Å². The maximum absolute atomic E-state index is 13.1. The molecule has 0 unspecified atom stereocenters. The van der Waals surface area contributed by atoms with Crippen LogP contribution >= 0.6 is 15.9 Å². The molecule has 27 heavy (non-hydrogen) atoms. The maximum atomic E-state index is 13.1. The highest BCUT2D eigenvalue weighted by Gasteiger charge is 2.24. The Labute approximate surface area is 167 Å². The summed E-state index contributed by atoms with van der Waals surface area (Å²) in [6.07, 6.45) is 1.63. The van der Waals surface area contributed by atoms with Crippen molar-refractivity contribution in [3.05, 3.63) is 76.0 Å². The Hall–Kier alpha value is -2.60. The smallest absolute Gasteiger partial charge is 0.257 e. The summed E-state index contributed by atoms with van der Waals surface area (Å²) in [5.74, 6) is 0.696. The second-order valence-electron chi connectivity index (χ2n) is 6.37. The van der Waals surface area contributed by atoms with Crippen LogP contribution in [0.15, 0.2) is 59.2 Å². The highest BCUT2D eigenvalue weighted by atomic mass is 79.9. The summed E-state index contributed by atoms with van der Waals surface area (Å²) in [6, 6.07) is 15.4. The number of hydrogen-bond acceptors (Lipinski definition) is 3. The summed E-state index contributed by atoms with van der Waals surface area (Å²) in [5, 5.41) is 4.41. The minimum atomic E-state index is -0.135. The SMILES string of the molecule is COc1ccccc1[C@H](C)N(C)C(=O)c1cnn(-c2ccc(Br)cc2)c1C. The van der Waals surface area contributed by atoms with Gasteiger partial charge in [-0.25, -0.2) is 4.68 Å². The fourth-order valence-corrected chi connectivity index (χ4v) is 3.31. The van der Waals surface area contributed by atoms with Crippen molar-refractivity contribution in [2.45, 2.75) is 19.9 Å². The number of aromatic nitrogens is 2. The topological polar surface area (TPSA) is 47.4 Å². The van der Waals surface area contributed by atoms with Gasteiger partial charge >= 0.3 is 0 Å². The Bertz CT molecular complexity index is 950. The van der Waals surface area contributed by atoms with Crippen LogP contribution in [-0.4, -0.2) is 34.7 Å². The third-order valence-electron chi connectivity index (χ3n) is 4.80. The number of methoxy groups -OCH3 is 1. The third kappa shape index (κ3) is 3.76. The lowest BCUT2D eigenvalue weighted by molar-refractivity contribution is 0.0740. The van der Waals surface area contributed by atoms with Crippen molar-refractivity contribution >= 4 is 21.8 Å². The molecule has 3 rings (SSSR count). The molecule has 3 aromatic rings. The van der Waals surface area contributed by atoms with Crippen LogP contribution in [0, 0.1) is 6.92 Å². The molecule has 0 spiro atoms. The van der Waals surface area contributed by atoms with E-state index in [-0.39, 0.29) is 11.9 Å². The van der Waals surface area contributed by atoms with Gasteiger partial charge in [0.15, 0.2) is 0 Å². The van der Waals surface area contributed by atoms with Gasteiger partial charge in [-0.05, 0) is 44.2 Å². The summed E-state index contributed by atoms with van der Waals surface area (Å²) in [7, 11) is 3.44. The molecule has 1 amide bonds. The first-order valence-corrected chi connectivity index (χ1v) is 9.44. The monoisotopic (exact) mass is 427 g/mol. The number of ether oxygens (including phenoxy) is 1. The van der Waals surface area contributed by atoms with Crippen LogP contribution in [0.25, 0.3) is 5.69 Å². The molecule has 0 bridgehead atoms. The molecule has 0 N–H and O–H groups in total. The first kappa shape index (κ1) is 19.2. The number of carbonyl (C=O) groups is 1. The average Bonchev–Trinajstić information content (AvgIpc) is 3.08. The zero-order chi connectivity index (χ0) is 19.6. The van der Waals surface area contributed by atoms with E-state index in [9.17, 15) is 4.79 Å². The lowest BCUT2D eigenvalue weighted by Gasteiger charge is -2.26. The summed E-state index contributed by atoms with van der Waals surface area (Å²) in [5.41, 5.74) is 3.27. The number of hydrogen-bond donors (Lipinski definition) is 0. The lowest BCUT2D eigenvalue weighted by atomic mass is 10.1. The molecule has 0 fully saturated rings. The molecule has 1 aromatic heterocycles. The number of nitrogens with zero attached hydrogens (tertiary/aromatic N) is 3. The van der Waals surface area contributed by atoms with Gasteiger partial charge in [0.1, 0.15) is 5.75 Å². The molecule has 0 aliphatic carbocycles. The summed E-state index contributed by atoms with van der Waals surface area (Å²) in [6.45, 7) is 3.90. The predicted octanol–water partition coefficient (Wildman–Crippen LogP) is 4.79. The third-order valence-corrected chi connectivity index (χ3v) is 5.33. The molecule has 1 heterocycles. The van der Waals surface area contributed by atoms with Crippen molar-refractivity contribution in [1.82, 2.24) is 14.7 Å². The van der Waals surface area contributed by atoms with Crippen molar-refractivity contribution in [2.75, 3.05) is 14.2 Å². The molecular weight excluding hydrogens is 406 g/mol. The standard InChI is InChI=1S/C21H22BrN3O2/c1-14(18-7-5-6-8-20(18)27-4)24(3)21(26)19-13-23-25(15(19)2)17-11-9-16(22)10-12-17/h5-14H,1-4H3/t14-/m0/s1. The molecule has 0 aliphatic heterocycles. The van der Waals surface area contributed by atoms with Crippen molar-refractivity contribution in [2.24, 2.45) is 0 Å². The quantitative estimate of drug-likeness (QED) is 0.588. The molecular formula is C21H22BrN3O2.